The second kappa shape index (κ2) is 4.45. The Balaban J connectivity index is 1.99. The molecule has 0 aliphatic heterocycles. The van der Waals surface area contributed by atoms with Gasteiger partial charge in [0.15, 0.2) is 0 Å². The average molecular weight is 223 g/mol. The number of rotatable bonds is 3. The van der Waals surface area contributed by atoms with Crippen LogP contribution in [0, 0.1) is 0 Å². The molecule has 2 rings (SSSR count). The van der Waals surface area contributed by atoms with E-state index in [2.05, 4.69) is 29.0 Å². The van der Waals surface area contributed by atoms with E-state index in [1.54, 1.807) is 0 Å². The molecule has 0 fully saturated rings. The molecule has 1 unspecified atom stereocenters. The smallest absolute Gasteiger partial charge is 0.0944 e. The molecule has 0 spiro atoms. The Labute approximate surface area is 93.7 Å². The van der Waals surface area contributed by atoms with Gasteiger partial charge in [0.2, 0.25) is 0 Å². The Morgan fingerprint density at radius 2 is 1.80 bits per heavy atom. The van der Waals surface area contributed by atoms with Crippen molar-refractivity contribution in [2.24, 2.45) is 0 Å². The summed E-state index contributed by atoms with van der Waals surface area (Å²) in [6.07, 6.45) is 2.02. The highest BCUT2D eigenvalue weighted by atomic mass is 32.2. The maximum Gasteiger partial charge on any atom is 0.0944 e. The van der Waals surface area contributed by atoms with Crippen molar-refractivity contribution >= 4 is 11.0 Å². The Kier molecular flexibility index (Phi) is 3.22. The van der Waals surface area contributed by atoms with Crippen molar-refractivity contribution < 1.29 is 4.21 Å². The lowest BCUT2D eigenvalue weighted by Crippen LogP contribution is -2.34. The fraction of sp³-hybridized carbons (Fsp3) is 0.500. The van der Waals surface area contributed by atoms with E-state index >= 15 is 0 Å². The highest BCUT2D eigenvalue weighted by Crippen LogP contribution is 2.21. The zero-order chi connectivity index (χ0) is 10.8. The Morgan fingerprint density at radius 3 is 2.27 bits per heavy atom. The first kappa shape index (κ1) is 10.8. The molecule has 82 valence electrons. The quantitative estimate of drug-likeness (QED) is 0.832. The van der Waals surface area contributed by atoms with E-state index in [1.165, 1.54) is 11.1 Å². The molecular formula is C12H17NOS. The van der Waals surface area contributed by atoms with Crippen LogP contribution in [0.4, 0.5) is 0 Å². The van der Waals surface area contributed by atoms with E-state index in [4.69, 9.17) is 0 Å². The molecule has 3 heteroatoms. The van der Waals surface area contributed by atoms with Crippen LogP contribution in [0.3, 0.4) is 0 Å². The normalized spacial score (nSPS) is 18.1. The van der Waals surface area contributed by atoms with Gasteiger partial charge in [-0.2, -0.15) is 0 Å². The van der Waals surface area contributed by atoms with E-state index in [9.17, 15) is 4.21 Å². The summed E-state index contributed by atoms with van der Waals surface area (Å²) in [6.45, 7) is 3.95. The highest BCUT2D eigenvalue weighted by molar-refractivity contribution is 7.83. The summed E-state index contributed by atoms with van der Waals surface area (Å²) in [5.41, 5.74) is 2.80. The molecule has 1 aromatic rings. The predicted molar refractivity (Wildman–Crippen MR) is 64.1 cm³/mol. The topological polar surface area (TPSA) is 29.1 Å². The maximum atomic E-state index is 11.6. The highest BCUT2D eigenvalue weighted by Gasteiger charge is 2.22. The van der Waals surface area contributed by atoms with Gasteiger partial charge in [-0.05, 0) is 37.8 Å². The molecule has 1 N–H and O–H groups in total. The second-order valence-corrected chi connectivity index (χ2v) is 6.11. The summed E-state index contributed by atoms with van der Waals surface area (Å²) in [7, 11) is -0.900. The lowest BCUT2D eigenvalue weighted by molar-refractivity contribution is 0.619. The van der Waals surface area contributed by atoms with Gasteiger partial charge in [-0.15, -0.1) is 0 Å². The van der Waals surface area contributed by atoms with Crippen molar-refractivity contribution in [3.63, 3.8) is 0 Å². The Morgan fingerprint density at radius 1 is 1.27 bits per heavy atom. The van der Waals surface area contributed by atoms with Gasteiger partial charge in [-0.3, -0.25) is 0 Å². The molecule has 0 saturated carbocycles. The first-order valence-corrected chi connectivity index (χ1v) is 6.61. The molecule has 15 heavy (non-hydrogen) atoms. The van der Waals surface area contributed by atoms with Crippen LogP contribution < -0.4 is 4.72 Å². The third-order valence-corrected chi connectivity index (χ3v) is 4.18. The Hall–Kier alpha value is -0.670. The monoisotopic (exact) mass is 223 g/mol. The lowest BCUT2D eigenvalue weighted by atomic mass is 10.1. The van der Waals surface area contributed by atoms with Crippen LogP contribution in [0.1, 0.15) is 25.0 Å². The molecule has 1 aliphatic carbocycles. The minimum absolute atomic E-state index is 0.189. The van der Waals surface area contributed by atoms with Gasteiger partial charge in [0.05, 0.1) is 11.0 Å². The largest absolute Gasteiger partial charge is 0.243 e. The van der Waals surface area contributed by atoms with E-state index in [0.717, 1.165) is 12.8 Å². The molecule has 1 aliphatic rings. The summed E-state index contributed by atoms with van der Waals surface area (Å²) in [6, 6.07) is 8.82. The maximum absolute atomic E-state index is 11.6. The van der Waals surface area contributed by atoms with E-state index in [1.807, 2.05) is 13.8 Å². The number of hydrogen-bond acceptors (Lipinski definition) is 1. The third-order valence-electron chi connectivity index (χ3n) is 2.76. The van der Waals surface area contributed by atoms with Crippen molar-refractivity contribution in [1.82, 2.24) is 4.72 Å². The van der Waals surface area contributed by atoms with Crippen molar-refractivity contribution in [3.8, 4) is 0 Å². The standard InChI is InChI=1S/C12H17NOS/c1-9(2)15(14)13-12-7-10-5-3-4-6-11(10)8-12/h3-6,9,12-13H,7-8H2,1-2H3. The van der Waals surface area contributed by atoms with Crippen LogP contribution in [-0.2, 0) is 23.8 Å². The molecule has 2 nitrogen and oxygen atoms in total. The molecule has 0 bridgehead atoms. The van der Waals surface area contributed by atoms with Crippen molar-refractivity contribution in [2.45, 2.75) is 38.0 Å². The van der Waals surface area contributed by atoms with E-state index in [-0.39, 0.29) is 5.25 Å². The fourth-order valence-corrected chi connectivity index (χ4v) is 2.71. The summed E-state index contributed by atoms with van der Waals surface area (Å²) < 4.78 is 14.8. The van der Waals surface area contributed by atoms with Crippen LogP contribution in [0.5, 0.6) is 0 Å². The number of hydrogen-bond donors (Lipinski definition) is 1. The SMILES string of the molecule is CC(C)S(=O)NC1Cc2ccccc2C1. The summed E-state index contributed by atoms with van der Waals surface area (Å²) in [5, 5.41) is 0.189. The zero-order valence-electron chi connectivity index (χ0n) is 9.19. The van der Waals surface area contributed by atoms with Gasteiger partial charge in [0.25, 0.3) is 0 Å². The van der Waals surface area contributed by atoms with Gasteiger partial charge in [0, 0.05) is 11.3 Å². The van der Waals surface area contributed by atoms with E-state index in [0.29, 0.717) is 6.04 Å². The minimum Gasteiger partial charge on any atom is -0.243 e. The van der Waals surface area contributed by atoms with Gasteiger partial charge in [0.1, 0.15) is 0 Å². The molecular weight excluding hydrogens is 206 g/mol. The minimum atomic E-state index is -0.900. The molecule has 0 saturated heterocycles. The van der Waals surface area contributed by atoms with Gasteiger partial charge in [-0.25, -0.2) is 8.93 Å². The molecule has 0 aromatic heterocycles. The van der Waals surface area contributed by atoms with Gasteiger partial charge in [-0.1, -0.05) is 24.3 Å². The molecule has 1 atom stereocenters. The predicted octanol–water partition coefficient (Wildman–Crippen LogP) is 1.82. The van der Waals surface area contributed by atoms with Gasteiger partial charge >= 0.3 is 0 Å². The van der Waals surface area contributed by atoms with Crippen LogP contribution >= 0.6 is 0 Å². The van der Waals surface area contributed by atoms with Crippen LogP contribution in [-0.4, -0.2) is 15.5 Å². The van der Waals surface area contributed by atoms with Crippen molar-refractivity contribution in [2.75, 3.05) is 0 Å². The second-order valence-electron chi connectivity index (χ2n) is 4.34. The number of nitrogens with one attached hydrogen (secondary N) is 1. The Bertz CT molecular complexity index is 351. The van der Waals surface area contributed by atoms with E-state index < -0.39 is 11.0 Å². The zero-order valence-corrected chi connectivity index (χ0v) is 10.0. The first-order chi connectivity index (χ1) is 7.16. The number of benzene rings is 1. The summed E-state index contributed by atoms with van der Waals surface area (Å²) >= 11 is 0. The summed E-state index contributed by atoms with van der Waals surface area (Å²) in [4.78, 5) is 0. The molecule has 1 aromatic carbocycles. The molecule has 0 radical (unpaired) electrons. The van der Waals surface area contributed by atoms with Crippen LogP contribution in [0.15, 0.2) is 24.3 Å². The molecule has 0 amide bonds. The lowest BCUT2D eigenvalue weighted by Gasteiger charge is -2.13. The van der Waals surface area contributed by atoms with Crippen molar-refractivity contribution in [1.29, 1.82) is 0 Å². The average Bonchev–Trinajstić information content (AvgIpc) is 2.59. The van der Waals surface area contributed by atoms with Crippen LogP contribution in [0.2, 0.25) is 0 Å². The van der Waals surface area contributed by atoms with Gasteiger partial charge < -0.3 is 0 Å². The first-order valence-electron chi connectivity index (χ1n) is 5.40. The summed E-state index contributed by atoms with van der Waals surface area (Å²) in [5.74, 6) is 0. The fourth-order valence-electron chi connectivity index (χ4n) is 1.94. The van der Waals surface area contributed by atoms with Crippen LogP contribution in [0.25, 0.3) is 0 Å². The number of fused-ring (bicyclic) bond motifs is 1. The van der Waals surface area contributed by atoms with Crippen molar-refractivity contribution in [3.05, 3.63) is 35.4 Å². The molecule has 0 heterocycles. The third kappa shape index (κ3) is 2.47.